The summed E-state index contributed by atoms with van der Waals surface area (Å²) in [4.78, 5) is 23.8. The van der Waals surface area contributed by atoms with E-state index in [2.05, 4.69) is 10.6 Å². The molecule has 0 aliphatic heterocycles. The topological polar surface area (TPSA) is 58.2 Å². The average Bonchev–Trinajstić information content (AvgIpc) is 2.46. The van der Waals surface area contributed by atoms with Crippen LogP contribution in [0.15, 0.2) is 48.5 Å². The highest BCUT2D eigenvalue weighted by atomic mass is 19.1. The molecule has 2 aromatic rings. The fourth-order valence-corrected chi connectivity index (χ4v) is 2.06. The maximum Gasteiger partial charge on any atom is 0.251 e. The summed E-state index contributed by atoms with van der Waals surface area (Å²) in [6.07, 6.45) is -0.0172. The van der Waals surface area contributed by atoms with Crippen molar-refractivity contribution in [3.63, 3.8) is 0 Å². The van der Waals surface area contributed by atoms with E-state index in [4.69, 9.17) is 0 Å². The molecule has 1 atom stereocenters. The van der Waals surface area contributed by atoms with E-state index >= 15 is 0 Å². The molecule has 120 valence electrons. The largest absolute Gasteiger partial charge is 0.349 e. The quantitative estimate of drug-likeness (QED) is 0.890. The first-order valence-corrected chi connectivity index (χ1v) is 7.06. The highest BCUT2D eigenvalue weighted by Gasteiger charge is 2.13. The number of rotatable bonds is 5. The zero-order valence-corrected chi connectivity index (χ0v) is 12.5. The average molecular weight is 318 g/mol. The van der Waals surface area contributed by atoms with Gasteiger partial charge in [-0.25, -0.2) is 8.78 Å². The number of carbonyl (C=O) groups is 2. The van der Waals surface area contributed by atoms with Gasteiger partial charge in [0, 0.05) is 29.8 Å². The van der Waals surface area contributed by atoms with Crippen LogP contribution in [0.3, 0.4) is 0 Å². The van der Waals surface area contributed by atoms with Crippen LogP contribution in [0.25, 0.3) is 0 Å². The van der Waals surface area contributed by atoms with Crippen molar-refractivity contribution in [2.75, 3.05) is 5.32 Å². The first-order valence-electron chi connectivity index (χ1n) is 7.06. The monoisotopic (exact) mass is 318 g/mol. The second-order valence-electron chi connectivity index (χ2n) is 5.15. The summed E-state index contributed by atoms with van der Waals surface area (Å²) < 4.78 is 26.1. The number of amides is 2. The summed E-state index contributed by atoms with van der Waals surface area (Å²) >= 11 is 0. The van der Waals surface area contributed by atoms with Crippen molar-refractivity contribution in [2.24, 2.45) is 0 Å². The minimum atomic E-state index is -0.772. The van der Waals surface area contributed by atoms with E-state index in [0.717, 1.165) is 18.2 Å². The zero-order chi connectivity index (χ0) is 16.8. The second-order valence-corrected chi connectivity index (χ2v) is 5.15. The van der Waals surface area contributed by atoms with Gasteiger partial charge >= 0.3 is 0 Å². The van der Waals surface area contributed by atoms with Gasteiger partial charge in [-0.3, -0.25) is 9.59 Å². The van der Waals surface area contributed by atoms with Gasteiger partial charge in [0.1, 0.15) is 11.6 Å². The van der Waals surface area contributed by atoms with Gasteiger partial charge in [0.05, 0.1) is 0 Å². The molecule has 0 bridgehead atoms. The van der Waals surface area contributed by atoms with E-state index in [1.165, 1.54) is 0 Å². The Kier molecular flexibility index (Phi) is 5.41. The van der Waals surface area contributed by atoms with Gasteiger partial charge in [-0.05, 0) is 31.2 Å². The van der Waals surface area contributed by atoms with Crippen LogP contribution in [0.4, 0.5) is 14.5 Å². The third-order valence-electron chi connectivity index (χ3n) is 3.05. The minimum Gasteiger partial charge on any atom is -0.349 e. The molecule has 0 radical (unpaired) electrons. The summed E-state index contributed by atoms with van der Waals surface area (Å²) in [5.41, 5.74) is 0.529. The molecule has 6 heteroatoms. The molecule has 0 aliphatic rings. The fraction of sp³-hybridized carbons (Fsp3) is 0.176. The predicted molar refractivity (Wildman–Crippen MR) is 83.0 cm³/mol. The molecule has 23 heavy (non-hydrogen) atoms. The lowest BCUT2D eigenvalue weighted by atomic mass is 10.1. The van der Waals surface area contributed by atoms with Crippen molar-refractivity contribution in [2.45, 2.75) is 19.4 Å². The molecule has 2 aromatic carbocycles. The highest BCUT2D eigenvalue weighted by molar-refractivity contribution is 5.95. The van der Waals surface area contributed by atoms with Gasteiger partial charge in [-0.1, -0.05) is 18.2 Å². The number of halogens is 2. The SMILES string of the molecule is CC(CC(=O)Nc1cc(F)cc(F)c1)NC(=O)c1ccccc1. The molecule has 0 spiro atoms. The minimum absolute atomic E-state index is 0.0172. The number of carbonyl (C=O) groups excluding carboxylic acids is 2. The Hall–Kier alpha value is -2.76. The molecular weight excluding hydrogens is 302 g/mol. The van der Waals surface area contributed by atoms with Gasteiger partial charge in [0.2, 0.25) is 5.91 Å². The van der Waals surface area contributed by atoms with E-state index in [1.807, 2.05) is 0 Å². The van der Waals surface area contributed by atoms with Crippen LogP contribution >= 0.6 is 0 Å². The number of hydrogen-bond acceptors (Lipinski definition) is 2. The van der Waals surface area contributed by atoms with Gasteiger partial charge < -0.3 is 10.6 Å². The number of hydrogen-bond donors (Lipinski definition) is 2. The lowest BCUT2D eigenvalue weighted by molar-refractivity contribution is -0.116. The van der Waals surface area contributed by atoms with Crippen LogP contribution in [-0.4, -0.2) is 17.9 Å². The molecule has 4 nitrogen and oxygen atoms in total. The zero-order valence-electron chi connectivity index (χ0n) is 12.5. The Labute approximate surface area is 132 Å². The smallest absolute Gasteiger partial charge is 0.251 e. The molecule has 0 saturated heterocycles. The Balaban J connectivity index is 1.88. The van der Waals surface area contributed by atoms with Crippen LogP contribution in [-0.2, 0) is 4.79 Å². The van der Waals surface area contributed by atoms with Gasteiger partial charge in [-0.2, -0.15) is 0 Å². The van der Waals surface area contributed by atoms with Crippen LogP contribution in [0, 0.1) is 11.6 Å². The summed E-state index contributed by atoms with van der Waals surface area (Å²) in [5.74, 6) is -2.28. The third kappa shape index (κ3) is 5.18. The summed E-state index contributed by atoms with van der Waals surface area (Å²) in [5, 5.41) is 5.08. The van der Waals surface area contributed by atoms with Crippen molar-refractivity contribution >= 4 is 17.5 Å². The van der Waals surface area contributed by atoms with E-state index in [0.29, 0.717) is 5.56 Å². The molecule has 1 unspecified atom stereocenters. The summed E-state index contributed by atoms with van der Waals surface area (Å²) in [6, 6.07) is 10.9. The number of nitrogens with one attached hydrogen (secondary N) is 2. The van der Waals surface area contributed by atoms with Crippen LogP contribution in [0.5, 0.6) is 0 Å². The molecule has 2 N–H and O–H groups in total. The standard InChI is InChI=1S/C17H16F2N2O2/c1-11(20-17(23)12-5-3-2-4-6-12)7-16(22)21-15-9-13(18)8-14(19)10-15/h2-6,8-11H,7H2,1H3,(H,20,23)(H,21,22). The molecule has 0 saturated carbocycles. The lowest BCUT2D eigenvalue weighted by Crippen LogP contribution is -2.35. The van der Waals surface area contributed by atoms with Crippen molar-refractivity contribution in [1.29, 1.82) is 0 Å². The van der Waals surface area contributed by atoms with E-state index < -0.39 is 23.6 Å². The molecule has 2 rings (SSSR count). The highest BCUT2D eigenvalue weighted by Crippen LogP contribution is 2.13. The Bertz CT molecular complexity index is 685. The van der Waals surface area contributed by atoms with E-state index in [-0.39, 0.29) is 18.0 Å². The normalized spacial score (nSPS) is 11.6. The van der Waals surface area contributed by atoms with Crippen LogP contribution in [0.2, 0.25) is 0 Å². The Morgan fingerprint density at radius 2 is 1.65 bits per heavy atom. The van der Waals surface area contributed by atoms with E-state index in [9.17, 15) is 18.4 Å². The van der Waals surface area contributed by atoms with Crippen LogP contribution in [0.1, 0.15) is 23.7 Å². The van der Waals surface area contributed by atoms with Crippen molar-refractivity contribution in [1.82, 2.24) is 5.32 Å². The van der Waals surface area contributed by atoms with Crippen molar-refractivity contribution in [3.05, 3.63) is 65.7 Å². The van der Waals surface area contributed by atoms with E-state index in [1.54, 1.807) is 37.3 Å². The Morgan fingerprint density at radius 1 is 1.04 bits per heavy atom. The molecule has 0 fully saturated rings. The fourth-order valence-electron chi connectivity index (χ4n) is 2.06. The molecule has 0 aromatic heterocycles. The van der Waals surface area contributed by atoms with Crippen LogP contribution < -0.4 is 10.6 Å². The maximum atomic E-state index is 13.1. The summed E-state index contributed by atoms with van der Waals surface area (Å²) in [6.45, 7) is 1.67. The van der Waals surface area contributed by atoms with Crippen molar-refractivity contribution in [3.8, 4) is 0 Å². The van der Waals surface area contributed by atoms with Crippen molar-refractivity contribution < 1.29 is 18.4 Å². The predicted octanol–water partition coefficient (Wildman–Crippen LogP) is 3.11. The van der Waals surface area contributed by atoms with Gasteiger partial charge in [-0.15, -0.1) is 0 Å². The molecule has 0 heterocycles. The lowest BCUT2D eigenvalue weighted by Gasteiger charge is -2.14. The molecule has 2 amide bonds. The summed E-state index contributed by atoms with van der Waals surface area (Å²) in [7, 11) is 0. The third-order valence-corrected chi connectivity index (χ3v) is 3.05. The maximum absolute atomic E-state index is 13.1. The number of benzene rings is 2. The second kappa shape index (κ2) is 7.49. The number of anilines is 1. The van der Waals surface area contributed by atoms with Gasteiger partial charge in [0.15, 0.2) is 0 Å². The van der Waals surface area contributed by atoms with Gasteiger partial charge in [0.25, 0.3) is 5.91 Å². The molecule has 0 aliphatic carbocycles. The first-order chi connectivity index (χ1) is 10.9. The first kappa shape index (κ1) is 16.6. The molecular formula is C17H16F2N2O2. The Morgan fingerprint density at radius 3 is 2.26 bits per heavy atom.